The van der Waals surface area contributed by atoms with Crippen molar-refractivity contribution in [3.8, 4) is 0 Å². The van der Waals surface area contributed by atoms with Crippen molar-refractivity contribution in [1.29, 1.82) is 0 Å². The second kappa shape index (κ2) is 5.64. The van der Waals surface area contributed by atoms with Crippen LogP contribution in [0.2, 0.25) is 0 Å². The van der Waals surface area contributed by atoms with Crippen LogP contribution in [0.4, 0.5) is 0 Å². The van der Waals surface area contributed by atoms with Gasteiger partial charge in [0, 0.05) is 24.9 Å². The molecule has 0 saturated carbocycles. The summed E-state index contributed by atoms with van der Waals surface area (Å²) in [4.78, 5) is 14.0. The highest BCUT2D eigenvalue weighted by molar-refractivity contribution is 5.77. The van der Waals surface area contributed by atoms with E-state index in [2.05, 4.69) is 18.2 Å². The van der Waals surface area contributed by atoms with E-state index in [1.165, 1.54) is 11.1 Å². The van der Waals surface area contributed by atoms with Crippen LogP contribution in [0.15, 0.2) is 36.4 Å². The van der Waals surface area contributed by atoms with Gasteiger partial charge in [-0.2, -0.15) is 0 Å². The minimum Gasteiger partial charge on any atom is -0.392 e. The third-order valence-corrected chi connectivity index (χ3v) is 5.14. The number of piperidine rings is 1. The second-order valence-corrected chi connectivity index (χ2v) is 6.19. The first-order valence-electron chi connectivity index (χ1n) is 7.83. The fourth-order valence-electron chi connectivity index (χ4n) is 3.87. The summed E-state index contributed by atoms with van der Waals surface area (Å²) >= 11 is 0. The number of hydrogen-bond acceptors (Lipinski definition) is 2. The lowest BCUT2D eigenvalue weighted by molar-refractivity contribution is -0.132. The van der Waals surface area contributed by atoms with E-state index in [0.717, 1.165) is 32.4 Å². The van der Waals surface area contributed by atoms with Crippen molar-refractivity contribution in [3.63, 3.8) is 0 Å². The Kier molecular flexibility index (Phi) is 3.85. The molecule has 1 heterocycles. The molecule has 2 aliphatic rings. The Morgan fingerprint density at radius 1 is 1.38 bits per heavy atom. The normalized spacial score (nSPS) is 23.7. The van der Waals surface area contributed by atoms with E-state index >= 15 is 0 Å². The van der Waals surface area contributed by atoms with Gasteiger partial charge in [-0.15, -0.1) is 0 Å². The van der Waals surface area contributed by atoms with Crippen LogP contribution in [0, 0.1) is 0 Å². The molecule has 3 nitrogen and oxygen atoms in total. The van der Waals surface area contributed by atoms with E-state index in [1.807, 2.05) is 30.0 Å². The van der Waals surface area contributed by atoms with Crippen molar-refractivity contribution in [2.75, 3.05) is 13.1 Å². The van der Waals surface area contributed by atoms with Crippen LogP contribution in [0.5, 0.6) is 0 Å². The van der Waals surface area contributed by atoms with Crippen molar-refractivity contribution in [2.24, 2.45) is 0 Å². The van der Waals surface area contributed by atoms with Gasteiger partial charge in [-0.25, -0.2) is 0 Å². The number of allylic oxidation sites excluding steroid dienone is 1. The Labute approximate surface area is 126 Å². The lowest BCUT2D eigenvalue weighted by Crippen LogP contribution is -2.48. The standard InChI is InChI=1S/C18H23NO2/c1-2-3-8-17(21)19-11-9-18(10-12-19)15-7-5-4-6-14(15)13-16(18)20/h2-7,16,20H,8-13H2,1H3. The first-order valence-corrected chi connectivity index (χ1v) is 7.83. The number of amides is 1. The number of rotatable bonds is 2. The Morgan fingerprint density at radius 3 is 2.81 bits per heavy atom. The SMILES string of the molecule is CC=CCC(=O)N1CCC2(CC1)c1ccccc1CC2O. The van der Waals surface area contributed by atoms with Gasteiger partial charge in [-0.1, -0.05) is 36.4 Å². The molecule has 0 aromatic heterocycles. The van der Waals surface area contributed by atoms with Gasteiger partial charge in [0.05, 0.1) is 6.10 Å². The predicted octanol–water partition coefficient (Wildman–Crippen LogP) is 2.43. The summed E-state index contributed by atoms with van der Waals surface area (Å²) in [5.41, 5.74) is 2.45. The number of carbonyl (C=O) groups is 1. The van der Waals surface area contributed by atoms with Crippen LogP contribution in [-0.4, -0.2) is 35.1 Å². The molecule has 1 spiro atoms. The molecule has 3 heteroatoms. The molecule has 3 rings (SSSR count). The maximum absolute atomic E-state index is 12.1. The zero-order valence-electron chi connectivity index (χ0n) is 12.6. The number of fused-ring (bicyclic) bond motifs is 2. The molecule has 1 saturated heterocycles. The van der Waals surface area contributed by atoms with Crippen LogP contribution < -0.4 is 0 Å². The highest BCUT2D eigenvalue weighted by atomic mass is 16.3. The topological polar surface area (TPSA) is 40.5 Å². The number of nitrogens with zero attached hydrogens (tertiary/aromatic N) is 1. The van der Waals surface area contributed by atoms with Gasteiger partial charge in [0.15, 0.2) is 0 Å². The van der Waals surface area contributed by atoms with Crippen molar-refractivity contribution in [2.45, 2.75) is 44.1 Å². The molecule has 0 bridgehead atoms. The van der Waals surface area contributed by atoms with Crippen LogP contribution in [-0.2, 0) is 16.6 Å². The van der Waals surface area contributed by atoms with Gasteiger partial charge >= 0.3 is 0 Å². The van der Waals surface area contributed by atoms with Gasteiger partial charge in [0.1, 0.15) is 0 Å². The van der Waals surface area contributed by atoms with Gasteiger partial charge in [0.25, 0.3) is 0 Å². The van der Waals surface area contributed by atoms with E-state index in [0.29, 0.717) is 6.42 Å². The van der Waals surface area contributed by atoms with Gasteiger partial charge in [-0.05, 0) is 37.3 Å². The summed E-state index contributed by atoms with van der Waals surface area (Å²) in [6.45, 7) is 3.44. The maximum Gasteiger partial charge on any atom is 0.226 e. The van der Waals surface area contributed by atoms with Crippen LogP contribution in [0.25, 0.3) is 0 Å². The molecule has 0 radical (unpaired) electrons. The molecular weight excluding hydrogens is 262 g/mol. The predicted molar refractivity (Wildman–Crippen MR) is 83.1 cm³/mol. The van der Waals surface area contributed by atoms with Gasteiger partial charge < -0.3 is 10.0 Å². The summed E-state index contributed by atoms with van der Waals surface area (Å²) in [6.07, 6.45) is 6.50. The Hall–Kier alpha value is -1.61. The monoisotopic (exact) mass is 285 g/mol. The first-order chi connectivity index (χ1) is 10.2. The fourth-order valence-corrected chi connectivity index (χ4v) is 3.87. The lowest BCUT2D eigenvalue weighted by atomic mass is 9.72. The molecule has 1 aliphatic carbocycles. The average molecular weight is 285 g/mol. The quantitative estimate of drug-likeness (QED) is 0.848. The summed E-state index contributed by atoms with van der Waals surface area (Å²) in [7, 11) is 0. The zero-order valence-corrected chi connectivity index (χ0v) is 12.6. The molecule has 1 fully saturated rings. The number of aliphatic hydroxyl groups is 1. The molecule has 1 atom stereocenters. The largest absolute Gasteiger partial charge is 0.392 e. The third kappa shape index (κ3) is 2.40. The maximum atomic E-state index is 12.1. The fraction of sp³-hybridized carbons (Fsp3) is 0.500. The van der Waals surface area contributed by atoms with E-state index in [1.54, 1.807) is 0 Å². The minimum atomic E-state index is -0.303. The van der Waals surface area contributed by atoms with E-state index in [-0.39, 0.29) is 17.4 Å². The molecule has 1 amide bonds. The molecule has 1 aliphatic heterocycles. The molecule has 1 unspecified atom stereocenters. The van der Waals surface area contributed by atoms with Crippen LogP contribution in [0.1, 0.15) is 37.3 Å². The molecule has 1 aromatic carbocycles. The molecule has 21 heavy (non-hydrogen) atoms. The van der Waals surface area contributed by atoms with Crippen LogP contribution in [0.3, 0.4) is 0 Å². The summed E-state index contributed by atoms with van der Waals surface area (Å²) in [5.74, 6) is 0.198. The van der Waals surface area contributed by atoms with Crippen LogP contribution >= 0.6 is 0 Å². The smallest absolute Gasteiger partial charge is 0.226 e. The molecule has 112 valence electrons. The van der Waals surface area contributed by atoms with Crippen molar-refractivity contribution in [1.82, 2.24) is 4.90 Å². The summed E-state index contributed by atoms with van der Waals surface area (Å²) < 4.78 is 0. The van der Waals surface area contributed by atoms with E-state index in [4.69, 9.17) is 0 Å². The second-order valence-electron chi connectivity index (χ2n) is 6.19. The molecular formula is C18H23NO2. The van der Waals surface area contributed by atoms with Gasteiger partial charge in [0.2, 0.25) is 5.91 Å². The van der Waals surface area contributed by atoms with E-state index < -0.39 is 0 Å². The molecule has 1 N–H and O–H groups in total. The van der Waals surface area contributed by atoms with Crippen molar-refractivity contribution >= 4 is 5.91 Å². The molecule has 1 aromatic rings. The lowest BCUT2D eigenvalue weighted by Gasteiger charge is -2.42. The van der Waals surface area contributed by atoms with Crippen molar-refractivity contribution < 1.29 is 9.90 Å². The van der Waals surface area contributed by atoms with E-state index in [9.17, 15) is 9.90 Å². The highest BCUT2D eigenvalue weighted by Gasteiger charge is 2.47. The van der Waals surface area contributed by atoms with Crippen molar-refractivity contribution in [3.05, 3.63) is 47.5 Å². The number of hydrogen-bond donors (Lipinski definition) is 1. The number of carbonyl (C=O) groups excluding carboxylic acids is 1. The Bertz CT molecular complexity index is 556. The highest BCUT2D eigenvalue weighted by Crippen LogP contribution is 2.46. The number of likely N-dealkylation sites (tertiary alicyclic amines) is 1. The summed E-state index contributed by atoms with van der Waals surface area (Å²) in [6, 6.07) is 8.38. The van der Waals surface area contributed by atoms with Gasteiger partial charge in [-0.3, -0.25) is 4.79 Å². The average Bonchev–Trinajstić information content (AvgIpc) is 2.78. The Balaban J connectivity index is 1.74. The summed E-state index contributed by atoms with van der Waals surface area (Å²) in [5, 5.41) is 10.6. The first kappa shape index (κ1) is 14.3. The third-order valence-electron chi connectivity index (χ3n) is 5.14. The Morgan fingerprint density at radius 2 is 2.10 bits per heavy atom. The zero-order chi connectivity index (χ0) is 14.9. The number of aliphatic hydroxyl groups excluding tert-OH is 1. The minimum absolute atomic E-state index is 0.131. The number of benzene rings is 1.